The summed E-state index contributed by atoms with van der Waals surface area (Å²) >= 11 is 0. The first-order chi connectivity index (χ1) is 14.7. The van der Waals surface area contributed by atoms with Crippen LogP contribution in [0, 0.1) is 0 Å². The van der Waals surface area contributed by atoms with E-state index < -0.39 is 11.4 Å². The SMILES string of the molecule is COc1cc(/C=C/C(=O)c2c(OC)cc3c(c2O)C=CC(C)(C)O3)cc(OC)c1OC. The van der Waals surface area contributed by atoms with E-state index in [9.17, 15) is 9.90 Å². The van der Waals surface area contributed by atoms with Crippen LogP contribution in [0.1, 0.15) is 35.3 Å². The minimum absolute atomic E-state index is 0.0536. The third kappa shape index (κ3) is 4.30. The monoisotopic (exact) mass is 426 g/mol. The Morgan fingerprint density at radius 2 is 1.58 bits per heavy atom. The Hall–Kier alpha value is -3.61. The van der Waals surface area contributed by atoms with Gasteiger partial charge in [0.25, 0.3) is 0 Å². The van der Waals surface area contributed by atoms with E-state index in [0.717, 1.165) is 0 Å². The van der Waals surface area contributed by atoms with Crippen LogP contribution in [0.5, 0.6) is 34.5 Å². The van der Waals surface area contributed by atoms with Crippen LogP contribution in [0.2, 0.25) is 0 Å². The van der Waals surface area contributed by atoms with Crippen molar-refractivity contribution >= 4 is 17.9 Å². The van der Waals surface area contributed by atoms with Gasteiger partial charge in [-0.2, -0.15) is 0 Å². The molecule has 2 aromatic carbocycles. The normalized spacial score (nSPS) is 14.0. The van der Waals surface area contributed by atoms with Gasteiger partial charge in [0.15, 0.2) is 17.3 Å². The Bertz CT molecular complexity index is 1040. The molecule has 31 heavy (non-hydrogen) atoms. The minimum atomic E-state index is -0.525. The van der Waals surface area contributed by atoms with Crippen molar-refractivity contribution in [2.45, 2.75) is 19.4 Å². The molecule has 0 radical (unpaired) electrons. The van der Waals surface area contributed by atoms with Gasteiger partial charge in [0.2, 0.25) is 5.75 Å². The van der Waals surface area contributed by atoms with Gasteiger partial charge in [-0.25, -0.2) is 0 Å². The number of carbonyl (C=O) groups excluding carboxylic acids is 1. The van der Waals surface area contributed by atoms with Crippen molar-refractivity contribution in [1.82, 2.24) is 0 Å². The quantitative estimate of drug-likeness (QED) is 0.515. The van der Waals surface area contributed by atoms with Gasteiger partial charge in [-0.05, 0) is 49.8 Å². The maximum atomic E-state index is 13.0. The summed E-state index contributed by atoms with van der Waals surface area (Å²) < 4.78 is 27.2. The van der Waals surface area contributed by atoms with E-state index in [1.165, 1.54) is 34.5 Å². The average Bonchev–Trinajstić information content (AvgIpc) is 2.75. The number of allylic oxidation sites excluding steroid dienone is 1. The molecule has 1 N–H and O–H groups in total. The zero-order valence-corrected chi connectivity index (χ0v) is 18.4. The molecule has 1 aliphatic heterocycles. The summed E-state index contributed by atoms with van der Waals surface area (Å²) in [5.41, 5.74) is 0.620. The second-order valence-electron chi connectivity index (χ2n) is 7.41. The molecule has 7 heteroatoms. The number of benzene rings is 2. The third-order valence-electron chi connectivity index (χ3n) is 4.87. The topological polar surface area (TPSA) is 83.5 Å². The van der Waals surface area contributed by atoms with Crippen molar-refractivity contribution in [2.24, 2.45) is 0 Å². The summed E-state index contributed by atoms with van der Waals surface area (Å²) in [5.74, 6) is 1.44. The standard InChI is InChI=1S/C24H26O7/c1-24(2)10-9-15-17(31-24)13-18(27-3)21(22(15)26)16(25)8-7-14-11-19(28-4)23(30-6)20(12-14)29-5/h7-13,26H,1-6H3/b8-7+. The third-order valence-corrected chi connectivity index (χ3v) is 4.87. The molecule has 0 aromatic heterocycles. The molecule has 0 atom stereocenters. The van der Waals surface area contributed by atoms with E-state index in [4.69, 9.17) is 23.7 Å². The van der Waals surface area contributed by atoms with E-state index in [0.29, 0.717) is 34.1 Å². The van der Waals surface area contributed by atoms with E-state index in [-0.39, 0.29) is 17.1 Å². The lowest BCUT2D eigenvalue weighted by Gasteiger charge is -2.29. The summed E-state index contributed by atoms with van der Waals surface area (Å²) in [6.45, 7) is 3.80. The lowest BCUT2D eigenvalue weighted by atomic mass is 9.97. The number of rotatable bonds is 7. The first-order valence-electron chi connectivity index (χ1n) is 9.59. The number of hydrogen-bond acceptors (Lipinski definition) is 7. The Kier molecular flexibility index (Phi) is 6.15. The Balaban J connectivity index is 2.00. The van der Waals surface area contributed by atoms with Gasteiger partial charge in [0.05, 0.1) is 34.0 Å². The fourth-order valence-corrected chi connectivity index (χ4v) is 3.34. The summed E-state index contributed by atoms with van der Waals surface area (Å²) in [5, 5.41) is 10.8. The van der Waals surface area contributed by atoms with Crippen LogP contribution in [0.3, 0.4) is 0 Å². The largest absolute Gasteiger partial charge is 0.506 e. The lowest BCUT2D eigenvalue weighted by Crippen LogP contribution is -2.27. The minimum Gasteiger partial charge on any atom is -0.506 e. The number of phenols is 1. The number of aromatic hydroxyl groups is 1. The predicted octanol–water partition coefficient (Wildman–Crippen LogP) is 4.51. The molecule has 3 rings (SSSR count). The number of carbonyl (C=O) groups is 1. The second kappa shape index (κ2) is 8.63. The molecule has 0 amide bonds. The lowest BCUT2D eigenvalue weighted by molar-refractivity contribution is 0.104. The molecule has 164 valence electrons. The molecule has 0 saturated heterocycles. The number of ether oxygens (including phenoxy) is 5. The fourth-order valence-electron chi connectivity index (χ4n) is 3.34. The highest BCUT2D eigenvalue weighted by atomic mass is 16.5. The molecular formula is C24H26O7. The second-order valence-corrected chi connectivity index (χ2v) is 7.41. The maximum absolute atomic E-state index is 13.0. The van der Waals surface area contributed by atoms with Crippen LogP contribution in [-0.4, -0.2) is 44.9 Å². The molecule has 0 saturated carbocycles. The van der Waals surface area contributed by atoms with Gasteiger partial charge >= 0.3 is 0 Å². The zero-order valence-electron chi connectivity index (χ0n) is 18.4. The van der Waals surface area contributed by atoms with Crippen molar-refractivity contribution < 1.29 is 33.6 Å². The van der Waals surface area contributed by atoms with Crippen LogP contribution in [0.25, 0.3) is 12.2 Å². The van der Waals surface area contributed by atoms with Crippen LogP contribution in [-0.2, 0) is 0 Å². The average molecular weight is 426 g/mol. The molecule has 0 fully saturated rings. The Morgan fingerprint density at radius 3 is 2.13 bits per heavy atom. The number of methoxy groups -OCH3 is 4. The number of ketones is 1. The molecule has 1 heterocycles. The molecule has 1 aliphatic rings. The smallest absolute Gasteiger partial charge is 0.203 e. The predicted molar refractivity (Wildman–Crippen MR) is 118 cm³/mol. The van der Waals surface area contributed by atoms with E-state index in [1.807, 2.05) is 19.9 Å². The maximum Gasteiger partial charge on any atom is 0.203 e. The summed E-state index contributed by atoms with van der Waals surface area (Å²) in [4.78, 5) is 13.0. The molecular weight excluding hydrogens is 400 g/mol. The van der Waals surface area contributed by atoms with Gasteiger partial charge in [-0.1, -0.05) is 6.08 Å². The van der Waals surface area contributed by atoms with Crippen LogP contribution >= 0.6 is 0 Å². The number of hydrogen-bond donors (Lipinski definition) is 1. The van der Waals surface area contributed by atoms with Gasteiger partial charge in [0.1, 0.15) is 28.4 Å². The highest BCUT2D eigenvalue weighted by Gasteiger charge is 2.28. The number of phenolic OH excluding ortho intramolecular Hbond substituents is 1. The summed E-state index contributed by atoms with van der Waals surface area (Å²) in [6.07, 6.45) is 6.51. The van der Waals surface area contributed by atoms with Gasteiger partial charge in [0, 0.05) is 6.07 Å². The summed E-state index contributed by atoms with van der Waals surface area (Å²) in [7, 11) is 5.99. The molecule has 0 bridgehead atoms. The molecule has 7 nitrogen and oxygen atoms in total. The van der Waals surface area contributed by atoms with E-state index in [1.54, 1.807) is 30.4 Å². The van der Waals surface area contributed by atoms with E-state index in [2.05, 4.69) is 0 Å². The van der Waals surface area contributed by atoms with Crippen molar-refractivity contribution in [3.63, 3.8) is 0 Å². The van der Waals surface area contributed by atoms with Crippen LogP contribution in [0.4, 0.5) is 0 Å². The highest BCUT2D eigenvalue weighted by molar-refractivity contribution is 6.11. The zero-order chi connectivity index (χ0) is 22.8. The van der Waals surface area contributed by atoms with Crippen molar-refractivity contribution in [2.75, 3.05) is 28.4 Å². The van der Waals surface area contributed by atoms with Gasteiger partial charge in [-0.15, -0.1) is 0 Å². The molecule has 0 spiro atoms. The van der Waals surface area contributed by atoms with Gasteiger partial charge in [-0.3, -0.25) is 4.79 Å². The van der Waals surface area contributed by atoms with Crippen molar-refractivity contribution in [3.05, 3.63) is 47.0 Å². The first-order valence-corrected chi connectivity index (χ1v) is 9.59. The van der Waals surface area contributed by atoms with Crippen molar-refractivity contribution in [3.8, 4) is 34.5 Å². The number of fused-ring (bicyclic) bond motifs is 1. The molecule has 0 aliphatic carbocycles. The van der Waals surface area contributed by atoms with Gasteiger partial charge < -0.3 is 28.8 Å². The highest BCUT2D eigenvalue weighted by Crippen LogP contribution is 2.44. The van der Waals surface area contributed by atoms with Crippen molar-refractivity contribution in [1.29, 1.82) is 0 Å². The Morgan fingerprint density at radius 1 is 0.968 bits per heavy atom. The first kappa shape index (κ1) is 22.1. The Labute approximate surface area is 181 Å². The van der Waals surface area contributed by atoms with Crippen LogP contribution < -0.4 is 23.7 Å². The molecule has 0 unspecified atom stereocenters. The molecule has 2 aromatic rings. The van der Waals surface area contributed by atoms with E-state index >= 15 is 0 Å². The summed E-state index contributed by atoms with van der Waals surface area (Å²) in [6, 6.07) is 5.04. The fraction of sp³-hybridized carbons (Fsp3) is 0.292. The van der Waals surface area contributed by atoms with Crippen LogP contribution in [0.15, 0.2) is 30.4 Å².